The van der Waals surface area contributed by atoms with Crippen molar-refractivity contribution in [2.24, 2.45) is 0 Å². The summed E-state index contributed by atoms with van der Waals surface area (Å²) in [7, 11) is 0. The average molecular weight is 266 g/mol. The van der Waals surface area contributed by atoms with Gasteiger partial charge in [0.2, 0.25) is 0 Å². The molecule has 1 unspecified atom stereocenters. The number of aromatic nitrogens is 2. The molecule has 0 bridgehead atoms. The van der Waals surface area contributed by atoms with Gasteiger partial charge in [0.25, 0.3) is 5.56 Å². The molecular weight excluding hydrogens is 252 g/mol. The van der Waals surface area contributed by atoms with Gasteiger partial charge in [0.05, 0.1) is 12.7 Å². The zero-order valence-corrected chi connectivity index (χ0v) is 10.3. The van der Waals surface area contributed by atoms with Crippen LogP contribution in [-0.2, 0) is 4.74 Å². The lowest BCUT2D eigenvalue weighted by atomic mass is 10.2. The van der Waals surface area contributed by atoms with Crippen LogP contribution in [0.2, 0.25) is 0 Å². The van der Waals surface area contributed by atoms with E-state index in [0.29, 0.717) is 10.1 Å². The van der Waals surface area contributed by atoms with Gasteiger partial charge in [-0.15, -0.1) is 0 Å². The van der Waals surface area contributed by atoms with E-state index in [-0.39, 0.29) is 13.0 Å². The molecule has 19 heavy (non-hydrogen) atoms. The monoisotopic (exact) mass is 266 g/mol. The van der Waals surface area contributed by atoms with Crippen molar-refractivity contribution in [3.8, 4) is 12.5 Å². The zero-order valence-electron chi connectivity index (χ0n) is 10.3. The number of aliphatic hydroxyl groups excluding tert-OH is 2. The van der Waals surface area contributed by atoms with Crippen LogP contribution in [0.4, 0.5) is 0 Å². The number of nitrogens with zero attached hydrogens (tertiary/aromatic N) is 2. The maximum atomic E-state index is 12.0. The van der Waals surface area contributed by atoms with E-state index < -0.39 is 29.7 Å². The number of hydrogen-bond donors (Lipinski definition) is 2. The minimum Gasteiger partial charge on any atom is -0.394 e. The van der Waals surface area contributed by atoms with Crippen LogP contribution in [0.1, 0.15) is 18.2 Å². The predicted octanol–water partition coefficient (Wildman–Crippen LogP) is -1.60. The van der Waals surface area contributed by atoms with Crippen LogP contribution >= 0.6 is 0 Å². The van der Waals surface area contributed by atoms with Crippen molar-refractivity contribution in [1.29, 1.82) is 0 Å². The van der Waals surface area contributed by atoms with Crippen molar-refractivity contribution < 1.29 is 14.9 Å². The van der Waals surface area contributed by atoms with Gasteiger partial charge in [0.15, 0.2) is 0 Å². The number of hydrogen-bond acceptors (Lipinski definition) is 5. The van der Waals surface area contributed by atoms with Gasteiger partial charge in [-0.2, -0.15) is 4.57 Å². The van der Waals surface area contributed by atoms with Crippen LogP contribution < -0.4 is 11.2 Å². The number of ether oxygens (including phenoxy) is 1. The molecule has 1 saturated heterocycles. The molecule has 2 rings (SSSR count). The third-order valence-electron chi connectivity index (χ3n) is 3.11. The minimum absolute atomic E-state index is 0.146. The number of aryl methyl sites for hydroxylation is 1. The molecular formula is C12H14N2O5. The minimum atomic E-state index is -0.867. The molecule has 0 amide bonds. The molecule has 1 fully saturated rings. The fourth-order valence-electron chi connectivity index (χ4n) is 2.07. The standard InChI is InChI=1S/C12H14N2O5/c1-3-13-11(17)7(2)5-14(12(13)18)10-4-8(16)9(6-15)19-10/h1,5,8-10,15-16H,4,6H2,2H3/t8?,9-,10-/m1/s1. The van der Waals surface area contributed by atoms with Crippen LogP contribution in [0.25, 0.3) is 0 Å². The Morgan fingerprint density at radius 1 is 1.58 bits per heavy atom. The van der Waals surface area contributed by atoms with Gasteiger partial charge >= 0.3 is 5.69 Å². The first-order valence-electron chi connectivity index (χ1n) is 5.75. The summed E-state index contributed by atoms with van der Waals surface area (Å²) >= 11 is 0. The second kappa shape index (κ2) is 5.01. The lowest BCUT2D eigenvalue weighted by molar-refractivity contribution is -0.0461. The summed E-state index contributed by atoms with van der Waals surface area (Å²) in [5, 5.41) is 18.7. The molecule has 0 saturated carbocycles. The normalized spacial score (nSPS) is 26.3. The summed E-state index contributed by atoms with van der Waals surface area (Å²) in [4.78, 5) is 23.7. The van der Waals surface area contributed by atoms with Crippen molar-refractivity contribution in [1.82, 2.24) is 9.13 Å². The van der Waals surface area contributed by atoms with E-state index in [1.807, 2.05) is 6.04 Å². The van der Waals surface area contributed by atoms with E-state index in [0.717, 1.165) is 4.57 Å². The molecule has 1 aliphatic rings. The van der Waals surface area contributed by atoms with E-state index in [1.165, 1.54) is 13.1 Å². The van der Waals surface area contributed by atoms with Gasteiger partial charge in [0.1, 0.15) is 12.3 Å². The smallest absolute Gasteiger partial charge is 0.345 e. The van der Waals surface area contributed by atoms with Crippen molar-refractivity contribution in [3.63, 3.8) is 0 Å². The Morgan fingerprint density at radius 2 is 2.26 bits per heavy atom. The lowest BCUT2D eigenvalue weighted by Gasteiger charge is -2.15. The summed E-state index contributed by atoms with van der Waals surface area (Å²) in [6, 6.07) is 2.01. The highest BCUT2D eigenvalue weighted by molar-refractivity contribution is 5.08. The van der Waals surface area contributed by atoms with E-state index in [1.54, 1.807) is 0 Å². The molecule has 102 valence electrons. The SMILES string of the molecule is C#Cn1c(=O)c(C)cn([C@H]2CC(O)[C@@H](CO)O2)c1=O. The fourth-order valence-corrected chi connectivity index (χ4v) is 2.07. The van der Waals surface area contributed by atoms with Gasteiger partial charge in [-0.1, -0.05) is 6.42 Å². The van der Waals surface area contributed by atoms with Gasteiger partial charge < -0.3 is 14.9 Å². The van der Waals surface area contributed by atoms with Gasteiger partial charge in [-0.25, -0.2) is 4.79 Å². The van der Waals surface area contributed by atoms with Crippen LogP contribution in [0, 0.1) is 19.4 Å². The van der Waals surface area contributed by atoms with E-state index >= 15 is 0 Å². The molecule has 0 aromatic carbocycles. The Kier molecular flexibility index (Phi) is 3.57. The summed E-state index contributed by atoms with van der Waals surface area (Å²) in [6.07, 6.45) is 4.26. The molecule has 7 nitrogen and oxygen atoms in total. The van der Waals surface area contributed by atoms with Gasteiger partial charge in [0, 0.05) is 24.2 Å². The van der Waals surface area contributed by atoms with Crippen LogP contribution in [0.5, 0.6) is 0 Å². The van der Waals surface area contributed by atoms with Crippen LogP contribution in [-0.4, -0.2) is 38.2 Å². The zero-order chi connectivity index (χ0) is 14.2. The van der Waals surface area contributed by atoms with Crippen LogP contribution in [0.15, 0.2) is 15.8 Å². The first-order chi connectivity index (χ1) is 8.99. The molecule has 1 aromatic heterocycles. The van der Waals surface area contributed by atoms with Gasteiger partial charge in [-0.05, 0) is 6.92 Å². The highest BCUT2D eigenvalue weighted by atomic mass is 16.5. The maximum Gasteiger partial charge on any atom is 0.345 e. The fraction of sp³-hybridized carbons (Fsp3) is 0.500. The molecule has 3 atom stereocenters. The molecule has 0 aliphatic carbocycles. The van der Waals surface area contributed by atoms with Crippen LogP contribution in [0.3, 0.4) is 0 Å². The van der Waals surface area contributed by atoms with E-state index in [9.17, 15) is 14.7 Å². The van der Waals surface area contributed by atoms with E-state index in [4.69, 9.17) is 16.3 Å². The molecule has 1 aliphatic heterocycles. The number of terminal acetylenes is 1. The maximum absolute atomic E-state index is 12.0. The first kappa shape index (κ1) is 13.5. The second-order valence-corrected chi connectivity index (χ2v) is 4.39. The highest BCUT2D eigenvalue weighted by Gasteiger charge is 2.35. The molecule has 0 radical (unpaired) electrons. The number of aliphatic hydroxyl groups is 2. The third kappa shape index (κ3) is 2.21. The van der Waals surface area contributed by atoms with E-state index in [2.05, 4.69) is 0 Å². The first-order valence-corrected chi connectivity index (χ1v) is 5.75. The molecule has 1 aromatic rings. The Hall–Kier alpha value is -1.88. The summed E-state index contributed by atoms with van der Waals surface area (Å²) in [6.45, 7) is 1.18. The summed E-state index contributed by atoms with van der Waals surface area (Å²) in [5.41, 5.74) is -0.960. The Morgan fingerprint density at radius 3 is 2.79 bits per heavy atom. The Balaban J connectivity index is 2.49. The Labute approximate surface area is 108 Å². The van der Waals surface area contributed by atoms with Crippen molar-refractivity contribution in [2.75, 3.05) is 6.61 Å². The van der Waals surface area contributed by atoms with Crippen molar-refractivity contribution in [2.45, 2.75) is 31.8 Å². The van der Waals surface area contributed by atoms with Gasteiger partial charge in [-0.3, -0.25) is 9.36 Å². The second-order valence-electron chi connectivity index (χ2n) is 4.39. The predicted molar refractivity (Wildman–Crippen MR) is 65.5 cm³/mol. The highest BCUT2D eigenvalue weighted by Crippen LogP contribution is 2.27. The molecule has 0 spiro atoms. The Bertz CT molecular complexity index is 639. The van der Waals surface area contributed by atoms with Crippen molar-refractivity contribution >= 4 is 0 Å². The topological polar surface area (TPSA) is 93.7 Å². The molecule has 7 heteroatoms. The molecule has 2 N–H and O–H groups in total. The van der Waals surface area contributed by atoms with Crippen molar-refractivity contribution in [3.05, 3.63) is 32.6 Å². The largest absolute Gasteiger partial charge is 0.394 e. The average Bonchev–Trinajstić information content (AvgIpc) is 2.75. The molecule has 2 heterocycles. The summed E-state index contributed by atoms with van der Waals surface area (Å²) < 4.78 is 7.18. The number of rotatable bonds is 2. The summed E-state index contributed by atoms with van der Waals surface area (Å²) in [5.74, 6) is 0. The lowest BCUT2D eigenvalue weighted by Crippen LogP contribution is -2.40. The third-order valence-corrected chi connectivity index (χ3v) is 3.11. The quantitative estimate of drug-likeness (QED) is 0.629.